The molecule has 2 N–H and O–H groups in total. The van der Waals surface area contributed by atoms with Gasteiger partial charge in [-0.3, -0.25) is 0 Å². The summed E-state index contributed by atoms with van der Waals surface area (Å²) in [5.41, 5.74) is 0.751. The number of aromatic nitrogens is 3. The van der Waals surface area contributed by atoms with Crippen LogP contribution >= 0.6 is 35.6 Å². The lowest BCUT2D eigenvalue weighted by molar-refractivity contribution is 0.378. The first-order valence-corrected chi connectivity index (χ1v) is 9.79. The Labute approximate surface area is 197 Å². The van der Waals surface area contributed by atoms with E-state index in [9.17, 15) is 0 Å². The lowest BCUT2D eigenvalue weighted by atomic mass is 9.94. The molecule has 0 atom stereocenters. The van der Waals surface area contributed by atoms with Crippen molar-refractivity contribution in [2.24, 2.45) is 4.99 Å². The molecule has 8 nitrogen and oxygen atoms in total. The third-order valence-corrected chi connectivity index (χ3v) is 4.24. The van der Waals surface area contributed by atoms with Crippen LogP contribution in [0.25, 0.3) is 11.4 Å². The Kier molecular flexibility index (Phi) is 8.65. The summed E-state index contributed by atoms with van der Waals surface area (Å²) in [7, 11) is 0. The second-order valence-electron chi connectivity index (χ2n) is 7.44. The summed E-state index contributed by atoms with van der Waals surface area (Å²) in [5.74, 6) is 2.96. The van der Waals surface area contributed by atoms with Crippen LogP contribution in [0.4, 0.5) is 0 Å². The van der Waals surface area contributed by atoms with Gasteiger partial charge in [0.2, 0.25) is 17.6 Å². The highest BCUT2D eigenvalue weighted by Crippen LogP contribution is 2.22. The van der Waals surface area contributed by atoms with E-state index in [0.29, 0.717) is 41.7 Å². The monoisotopic (exact) mass is 544 g/mol. The van der Waals surface area contributed by atoms with Crippen LogP contribution in [0.2, 0.25) is 5.02 Å². The van der Waals surface area contributed by atoms with Crippen molar-refractivity contribution in [1.29, 1.82) is 0 Å². The van der Waals surface area contributed by atoms with E-state index in [2.05, 4.69) is 51.5 Å². The molecule has 0 bridgehead atoms. The maximum Gasteiger partial charge on any atom is 0.248 e. The first-order valence-electron chi connectivity index (χ1n) is 9.41. The molecule has 3 rings (SSSR count). The van der Waals surface area contributed by atoms with Crippen molar-refractivity contribution >= 4 is 41.5 Å². The first kappa shape index (κ1) is 24.1. The van der Waals surface area contributed by atoms with Crippen LogP contribution < -0.4 is 10.6 Å². The van der Waals surface area contributed by atoms with Gasteiger partial charge in [0, 0.05) is 22.5 Å². The fourth-order valence-electron chi connectivity index (χ4n) is 2.42. The molecule has 0 aliphatic heterocycles. The summed E-state index contributed by atoms with van der Waals surface area (Å²) in [5, 5.41) is 11.0. The van der Waals surface area contributed by atoms with Crippen LogP contribution in [0.5, 0.6) is 0 Å². The maximum absolute atomic E-state index is 5.91. The van der Waals surface area contributed by atoms with Crippen molar-refractivity contribution < 1.29 is 8.94 Å². The van der Waals surface area contributed by atoms with Crippen molar-refractivity contribution in [2.45, 2.75) is 46.2 Å². The third-order valence-electron chi connectivity index (χ3n) is 3.99. The Hall–Kier alpha value is -2.14. The molecule has 1 aromatic carbocycles. The third kappa shape index (κ3) is 6.69. The second-order valence-corrected chi connectivity index (χ2v) is 7.87. The van der Waals surface area contributed by atoms with Crippen molar-refractivity contribution in [2.75, 3.05) is 6.54 Å². The van der Waals surface area contributed by atoms with Gasteiger partial charge in [0.1, 0.15) is 12.3 Å². The topological polar surface area (TPSA) is 101 Å². The van der Waals surface area contributed by atoms with Crippen molar-refractivity contribution in [3.05, 3.63) is 53.0 Å². The quantitative estimate of drug-likeness (QED) is 0.267. The summed E-state index contributed by atoms with van der Waals surface area (Å²) in [6, 6.07) is 7.25. The molecule has 0 radical (unpaired) electrons. The van der Waals surface area contributed by atoms with Gasteiger partial charge < -0.3 is 19.6 Å². The molecule has 0 saturated carbocycles. The number of benzene rings is 1. The van der Waals surface area contributed by atoms with Crippen LogP contribution in [0, 0.1) is 0 Å². The zero-order chi connectivity index (χ0) is 20.9. The Morgan fingerprint density at radius 2 is 1.87 bits per heavy atom. The summed E-state index contributed by atoms with van der Waals surface area (Å²) >= 11 is 5.91. The van der Waals surface area contributed by atoms with E-state index in [-0.39, 0.29) is 35.9 Å². The van der Waals surface area contributed by atoms with Gasteiger partial charge in [-0.25, -0.2) is 9.98 Å². The summed E-state index contributed by atoms with van der Waals surface area (Å²) < 4.78 is 11.1. The molecular formula is C20H26ClIN6O2. The van der Waals surface area contributed by atoms with Crippen molar-refractivity contribution in [3.8, 4) is 11.4 Å². The largest absolute Gasteiger partial charge is 0.443 e. The number of guanidine groups is 1. The van der Waals surface area contributed by atoms with E-state index in [1.165, 1.54) is 0 Å². The van der Waals surface area contributed by atoms with Gasteiger partial charge in [0.25, 0.3) is 0 Å². The van der Waals surface area contributed by atoms with Gasteiger partial charge in [-0.2, -0.15) is 4.98 Å². The van der Waals surface area contributed by atoms with Crippen molar-refractivity contribution in [1.82, 2.24) is 25.8 Å². The SMILES string of the molecule is CCNC(=NCc1nc(-c2ccc(Cl)cc2)no1)NCc1ncc(C(C)(C)C)o1.I. The highest BCUT2D eigenvalue weighted by Gasteiger charge is 2.19. The van der Waals surface area contributed by atoms with Gasteiger partial charge >= 0.3 is 0 Å². The minimum Gasteiger partial charge on any atom is -0.443 e. The maximum atomic E-state index is 5.91. The Bertz CT molecular complexity index is 962. The van der Waals surface area contributed by atoms with Crippen LogP contribution in [0.15, 0.2) is 44.4 Å². The van der Waals surface area contributed by atoms with Gasteiger partial charge in [0.05, 0.1) is 12.7 Å². The van der Waals surface area contributed by atoms with E-state index >= 15 is 0 Å². The van der Waals surface area contributed by atoms with Gasteiger partial charge in [-0.15, -0.1) is 24.0 Å². The molecule has 2 aromatic heterocycles. The highest BCUT2D eigenvalue weighted by atomic mass is 127. The molecule has 3 aromatic rings. The molecule has 0 fully saturated rings. The molecule has 0 spiro atoms. The number of aliphatic imine (C=N–C) groups is 1. The van der Waals surface area contributed by atoms with Crippen molar-refractivity contribution in [3.63, 3.8) is 0 Å². The lowest BCUT2D eigenvalue weighted by Crippen LogP contribution is -2.36. The Balaban J connectivity index is 0.00000320. The van der Waals surface area contributed by atoms with E-state index in [0.717, 1.165) is 11.3 Å². The minimum atomic E-state index is -0.0798. The lowest BCUT2D eigenvalue weighted by Gasteiger charge is -2.13. The van der Waals surface area contributed by atoms with E-state index in [1.54, 1.807) is 18.3 Å². The number of rotatable bonds is 6. The zero-order valence-electron chi connectivity index (χ0n) is 17.4. The molecule has 0 amide bonds. The number of hydrogen-bond acceptors (Lipinski definition) is 6. The average Bonchev–Trinajstić information content (AvgIpc) is 3.34. The fourth-order valence-corrected chi connectivity index (χ4v) is 2.55. The number of nitrogens with one attached hydrogen (secondary N) is 2. The minimum absolute atomic E-state index is 0. The number of oxazole rings is 1. The summed E-state index contributed by atoms with van der Waals surface area (Å²) in [6.07, 6.45) is 1.76. The molecule has 0 saturated heterocycles. The molecular weight excluding hydrogens is 519 g/mol. The molecule has 10 heteroatoms. The van der Waals surface area contributed by atoms with Gasteiger partial charge in [0.15, 0.2) is 5.96 Å². The zero-order valence-corrected chi connectivity index (χ0v) is 20.5. The number of nitrogens with zero attached hydrogens (tertiary/aromatic N) is 4. The predicted molar refractivity (Wildman–Crippen MR) is 127 cm³/mol. The fraction of sp³-hybridized carbons (Fsp3) is 0.400. The average molecular weight is 545 g/mol. The van der Waals surface area contributed by atoms with Gasteiger partial charge in [-0.05, 0) is 31.2 Å². The van der Waals surface area contributed by atoms with E-state index in [4.69, 9.17) is 20.5 Å². The molecule has 30 heavy (non-hydrogen) atoms. The van der Waals surface area contributed by atoms with Crippen LogP contribution in [0.3, 0.4) is 0 Å². The molecule has 2 heterocycles. The molecule has 162 valence electrons. The Morgan fingerprint density at radius 1 is 1.13 bits per heavy atom. The van der Waals surface area contributed by atoms with E-state index < -0.39 is 0 Å². The first-order chi connectivity index (χ1) is 13.8. The van der Waals surface area contributed by atoms with Crippen LogP contribution in [0.1, 0.15) is 45.2 Å². The van der Waals surface area contributed by atoms with Crippen LogP contribution in [-0.4, -0.2) is 27.6 Å². The predicted octanol–water partition coefficient (Wildman–Crippen LogP) is 4.55. The normalized spacial score (nSPS) is 11.8. The molecule has 0 aliphatic rings. The van der Waals surface area contributed by atoms with E-state index in [1.807, 2.05) is 19.1 Å². The summed E-state index contributed by atoms with van der Waals surface area (Å²) in [4.78, 5) is 13.2. The smallest absolute Gasteiger partial charge is 0.248 e. The number of halogens is 2. The van der Waals surface area contributed by atoms with Gasteiger partial charge in [-0.1, -0.05) is 37.5 Å². The summed E-state index contributed by atoms with van der Waals surface area (Å²) in [6.45, 7) is 9.61. The standard InChI is InChI=1S/C20H25ClN6O2.HI/c1-5-22-19(24-11-16-23-10-15(28-16)20(2,3)4)25-12-17-26-18(27-29-17)13-6-8-14(21)9-7-13;/h6-10H,5,11-12H2,1-4H3,(H2,22,24,25);1H. The van der Waals surface area contributed by atoms with Crippen LogP contribution in [-0.2, 0) is 18.5 Å². The molecule has 0 aliphatic carbocycles. The number of hydrogen-bond donors (Lipinski definition) is 2. The Morgan fingerprint density at radius 3 is 2.50 bits per heavy atom. The second kappa shape index (κ2) is 10.8. The highest BCUT2D eigenvalue weighted by molar-refractivity contribution is 14.0. The molecule has 0 unspecified atom stereocenters.